The molecular formula is C14H25N3O3. The van der Waals surface area contributed by atoms with E-state index in [4.69, 9.17) is 9.47 Å². The Balaban J connectivity index is 1.81. The topological polar surface area (TPSA) is 69.4 Å². The van der Waals surface area contributed by atoms with Crippen molar-refractivity contribution in [3.05, 3.63) is 11.6 Å². The molecule has 1 saturated heterocycles. The number of ether oxygens (including phenoxy) is 2. The number of hydrogen-bond donors (Lipinski definition) is 1. The van der Waals surface area contributed by atoms with Crippen molar-refractivity contribution in [1.82, 2.24) is 14.8 Å². The molecule has 0 amide bonds. The van der Waals surface area contributed by atoms with E-state index < -0.39 is 6.10 Å². The molecule has 1 atom stereocenters. The second-order valence-electron chi connectivity index (χ2n) is 5.13. The van der Waals surface area contributed by atoms with E-state index in [1.807, 2.05) is 13.8 Å². The highest BCUT2D eigenvalue weighted by Crippen LogP contribution is 2.11. The van der Waals surface area contributed by atoms with E-state index in [0.717, 1.165) is 50.5 Å². The van der Waals surface area contributed by atoms with Crippen LogP contribution in [0.1, 0.15) is 38.3 Å². The van der Waals surface area contributed by atoms with Crippen molar-refractivity contribution >= 4 is 0 Å². The van der Waals surface area contributed by atoms with Crippen molar-refractivity contribution in [3.63, 3.8) is 0 Å². The van der Waals surface area contributed by atoms with E-state index in [2.05, 4.69) is 10.1 Å². The van der Waals surface area contributed by atoms with Crippen LogP contribution in [-0.4, -0.2) is 51.9 Å². The third-order valence-corrected chi connectivity index (χ3v) is 3.50. The molecule has 0 radical (unpaired) electrons. The highest BCUT2D eigenvalue weighted by molar-refractivity contribution is 4.93. The smallest absolute Gasteiger partial charge is 0.150 e. The van der Waals surface area contributed by atoms with Gasteiger partial charge >= 0.3 is 0 Å². The van der Waals surface area contributed by atoms with Crippen molar-refractivity contribution in [3.8, 4) is 0 Å². The number of rotatable bonds is 7. The summed E-state index contributed by atoms with van der Waals surface area (Å²) >= 11 is 0. The van der Waals surface area contributed by atoms with Crippen molar-refractivity contribution in [1.29, 1.82) is 0 Å². The molecule has 0 aliphatic carbocycles. The molecule has 1 aliphatic heterocycles. The van der Waals surface area contributed by atoms with Crippen LogP contribution in [0.4, 0.5) is 0 Å². The molecule has 2 rings (SSSR count). The van der Waals surface area contributed by atoms with E-state index in [1.54, 1.807) is 4.68 Å². The summed E-state index contributed by atoms with van der Waals surface area (Å²) in [6.07, 6.45) is 3.13. The van der Waals surface area contributed by atoms with Crippen molar-refractivity contribution in [2.45, 2.75) is 58.3 Å². The van der Waals surface area contributed by atoms with Crippen LogP contribution in [-0.2, 0) is 28.9 Å². The van der Waals surface area contributed by atoms with Gasteiger partial charge in [0.2, 0.25) is 0 Å². The lowest BCUT2D eigenvalue weighted by Gasteiger charge is -2.23. The maximum atomic E-state index is 10.1. The number of nitrogens with zero attached hydrogens (tertiary/aromatic N) is 3. The van der Waals surface area contributed by atoms with E-state index in [1.165, 1.54) is 0 Å². The Morgan fingerprint density at radius 2 is 2.10 bits per heavy atom. The van der Waals surface area contributed by atoms with Crippen molar-refractivity contribution in [2.24, 2.45) is 0 Å². The lowest BCUT2D eigenvalue weighted by molar-refractivity contribution is -0.0623. The summed E-state index contributed by atoms with van der Waals surface area (Å²) in [5, 5.41) is 14.5. The maximum Gasteiger partial charge on any atom is 0.150 e. The number of aromatic nitrogens is 3. The fraction of sp³-hybridized carbons (Fsp3) is 0.857. The molecule has 0 saturated carbocycles. The molecule has 1 aromatic rings. The van der Waals surface area contributed by atoms with Gasteiger partial charge in [0, 0.05) is 26.1 Å². The Labute approximate surface area is 120 Å². The molecule has 114 valence electrons. The average Bonchev–Trinajstić information content (AvgIpc) is 2.88. The fourth-order valence-electron chi connectivity index (χ4n) is 2.33. The summed E-state index contributed by atoms with van der Waals surface area (Å²) in [4.78, 5) is 4.43. The maximum absolute atomic E-state index is 10.1. The van der Waals surface area contributed by atoms with Gasteiger partial charge in [0.25, 0.3) is 0 Å². The minimum absolute atomic E-state index is 0.214. The molecule has 6 nitrogen and oxygen atoms in total. The lowest BCUT2D eigenvalue weighted by atomic mass is 10.1. The third-order valence-electron chi connectivity index (χ3n) is 3.50. The first-order valence-corrected chi connectivity index (χ1v) is 7.52. The van der Waals surface area contributed by atoms with Crippen LogP contribution >= 0.6 is 0 Å². The fourth-order valence-corrected chi connectivity index (χ4v) is 2.33. The molecule has 6 heteroatoms. The van der Waals surface area contributed by atoms with Gasteiger partial charge in [-0.1, -0.05) is 13.8 Å². The van der Waals surface area contributed by atoms with Gasteiger partial charge in [0.15, 0.2) is 5.82 Å². The zero-order valence-corrected chi connectivity index (χ0v) is 12.4. The number of aliphatic hydroxyl groups is 1. The van der Waals surface area contributed by atoms with Gasteiger partial charge in [-0.25, -0.2) is 9.67 Å². The molecule has 20 heavy (non-hydrogen) atoms. The van der Waals surface area contributed by atoms with Crippen molar-refractivity contribution in [2.75, 3.05) is 19.8 Å². The van der Waals surface area contributed by atoms with E-state index >= 15 is 0 Å². The molecular weight excluding hydrogens is 258 g/mol. The zero-order chi connectivity index (χ0) is 14.4. The van der Waals surface area contributed by atoms with Crippen molar-refractivity contribution < 1.29 is 14.6 Å². The summed E-state index contributed by atoms with van der Waals surface area (Å²) in [7, 11) is 0. The lowest BCUT2D eigenvalue weighted by Crippen LogP contribution is -2.30. The Morgan fingerprint density at radius 1 is 1.35 bits per heavy atom. The molecule has 1 fully saturated rings. The molecule has 0 bridgehead atoms. The minimum Gasteiger partial charge on any atom is -0.389 e. The second-order valence-corrected chi connectivity index (χ2v) is 5.13. The Bertz CT molecular complexity index is 402. The number of aryl methyl sites for hydroxylation is 2. The van der Waals surface area contributed by atoms with Gasteiger partial charge in [0.1, 0.15) is 5.82 Å². The minimum atomic E-state index is -0.547. The predicted octanol–water partition coefficient (Wildman–Crippen LogP) is 0.959. The van der Waals surface area contributed by atoms with Crippen LogP contribution in [0.3, 0.4) is 0 Å². The van der Waals surface area contributed by atoms with Gasteiger partial charge in [-0.05, 0) is 12.8 Å². The average molecular weight is 283 g/mol. The number of aliphatic hydroxyl groups excluding tert-OH is 1. The Hall–Kier alpha value is -0.980. The molecule has 2 heterocycles. The Morgan fingerprint density at radius 3 is 2.75 bits per heavy atom. The highest BCUT2D eigenvalue weighted by atomic mass is 16.5. The third kappa shape index (κ3) is 4.26. The summed E-state index contributed by atoms with van der Waals surface area (Å²) in [5.41, 5.74) is 0. The molecule has 0 aromatic carbocycles. The summed E-state index contributed by atoms with van der Waals surface area (Å²) in [6, 6.07) is 0. The SMILES string of the molecule is CCc1nc(CC)n(CC(O)COC2CCOCC2)n1. The first-order chi connectivity index (χ1) is 9.72. The molecule has 1 aliphatic rings. The zero-order valence-electron chi connectivity index (χ0n) is 12.4. The van der Waals surface area contributed by atoms with E-state index in [9.17, 15) is 5.11 Å². The second kappa shape index (κ2) is 7.71. The molecule has 0 spiro atoms. The van der Waals surface area contributed by atoms with E-state index in [0.29, 0.717) is 13.2 Å². The first-order valence-electron chi connectivity index (χ1n) is 7.52. The highest BCUT2D eigenvalue weighted by Gasteiger charge is 2.17. The Kier molecular flexibility index (Phi) is 5.94. The standard InChI is InChI=1S/C14H25N3O3/c1-3-13-15-14(4-2)17(16-13)9-11(18)10-20-12-5-7-19-8-6-12/h11-12,18H,3-10H2,1-2H3. The summed E-state index contributed by atoms with van der Waals surface area (Å²) in [5.74, 6) is 1.76. The van der Waals surface area contributed by atoms with E-state index in [-0.39, 0.29) is 6.10 Å². The van der Waals surface area contributed by atoms with Crippen LogP contribution in [0.2, 0.25) is 0 Å². The van der Waals surface area contributed by atoms with Crippen LogP contribution in [0.15, 0.2) is 0 Å². The first kappa shape index (κ1) is 15.4. The van der Waals surface area contributed by atoms with Crippen LogP contribution < -0.4 is 0 Å². The van der Waals surface area contributed by atoms with Crippen LogP contribution in [0.5, 0.6) is 0 Å². The normalized spacial score (nSPS) is 18.4. The number of hydrogen-bond acceptors (Lipinski definition) is 5. The largest absolute Gasteiger partial charge is 0.389 e. The summed E-state index contributed by atoms with van der Waals surface area (Å²) in [6.45, 7) is 6.37. The van der Waals surface area contributed by atoms with Crippen LogP contribution in [0.25, 0.3) is 0 Å². The van der Waals surface area contributed by atoms with Gasteiger partial charge in [-0.3, -0.25) is 0 Å². The van der Waals surface area contributed by atoms with Gasteiger partial charge < -0.3 is 14.6 Å². The quantitative estimate of drug-likeness (QED) is 0.807. The van der Waals surface area contributed by atoms with Gasteiger partial charge in [0.05, 0.1) is 25.4 Å². The van der Waals surface area contributed by atoms with Gasteiger partial charge in [-0.2, -0.15) is 5.10 Å². The molecule has 1 N–H and O–H groups in total. The monoisotopic (exact) mass is 283 g/mol. The molecule has 1 unspecified atom stereocenters. The summed E-state index contributed by atoms with van der Waals surface area (Å²) < 4.78 is 12.8. The van der Waals surface area contributed by atoms with Gasteiger partial charge in [-0.15, -0.1) is 0 Å². The molecule has 1 aromatic heterocycles. The predicted molar refractivity (Wildman–Crippen MR) is 74.6 cm³/mol. The van der Waals surface area contributed by atoms with Crippen LogP contribution in [0, 0.1) is 0 Å².